The van der Waals surface area contributed by atoms with E-state index in [0.29, 0.717) is 38.4 Å². The van der Waals surface area contributed by atoms with Crippen molar-refractivity contribution >= 4 is 5.97 Å². The Hall–Kier alpha value is -3.19. The van der Waals surface area contributed by atoms with E-state index in [2.05, 4.69) is 15.2 Å². The van der Waals surface area contributed by atoms with E-state index < -0.39 is 5.41 Å². The summed E-state index contributed by atoms with van der Waals surface area (Å²) in [5.74, 6) is 0.463. The van der Waals surface area contributed by atoms with Crippen LogP contribution in [0.2, 0.25) is 0 Å². The van der Waals surface area contributed by atoms with E-state index in [1.54, 1.807) is 12.4 Å². The van der Waals surface area contributed by atoms with Crippen LogP contribution in [0.25, 0.3) is 11.4 Å². The van der Waals surface area contributed by atoms with Gasteiger partial charge in [-0.1, -0.05) is 24.3 Å². The van der Waals surface area contributed by atoms with Gasteiger partial charge in [0.05, 0.1) is 30.1 Å². The number of aromatic nitrogens is 3. The number of pyridine rings is 1. The van der Waals surface area contributed by atoms with Crippen LogP contribution in [-0.4, -0.2) is 41.5 Å². The van der Waals surface area contributed by atoms with E-state index in [4.69, 9.17) is 14.2 Å². The molecule has 7 nitrogen and oxygen atoms in total. The number of aromatic amines is 1. The van der Waals surface area contributed by atoms with Crippen molar-refractivity contribution in [1.82, 2.24) is 15.2 Å². The Morgan fingerprint density at radius 3 is 2.76 bits per heavy atom. The van der Waals surface area contributed by atoms with Crippen LogP contribution in [0.3, 0.4) is 0 Å². The highest BCUT2D eigenvalue weighted by Crippen LogP contribution is 2.36. The average molecular weight is 393 g/mol. The topological polar surface area (TPSA) is 86.3 Å². The van der Waals surface area contributed by atoms with Crippen molar-refractivity contribution in [3.63, 3.8) is 0 Å². The second kappa shape index (κ2) is 8.45. The average Bonchev–Trinajstić information content (AvgIpc) is 3.33. The lowest BCUT2D eigenvalue weighted by atomic mass is 9.74. The molecule has 0 radical (unpaired) electrons. The number of esters is 1. The second-order valence-electron chi connectivity index (χ2n) is 7.02. The van der Waals surface area contributed by atoms with Crippen molar-refractivity contribution in [2.45, 2.75) is 24.9 Å². The second-order valence-corrected chi connectivity index (χ2v) is 7.02. The first-order chi connectivity index (χ1) is 14.2. The molecule has 1 N–H and O–H groups in total. The van der Waals surface area contributed by atoms with E-state index in [-0.39, 0.29) is 5.97 Å². The molecule has 3 heterocycles. The van der Waals surface area contributed by atoms with Gasteiger partial charge in [0.2, 0.25) is 0 Å². The molecule has 0 saturated carbocycles. The van der Waals surface area contributed by atoms with Crippen LogP contribution in [0.4, 0.5) is 0 Å². The van der Waals surface area contributed by atoms with Crippen LogP contribution in [0.1, 0.15) is 24.0 Å². The Morgan fingerprint density at radius 2 is 2.07 bits per heavy atom. The van der Waals surface area contributed by atoms with Gasteiger partial charge in [0, 0.05) is 19.4 Å². The number of methoxy groups -OCH3 is 1. The van der Waals surface area contributed by atoms with Crippen molar-refractivity contribution < 1.29 is 19.0 Å². The Bertz CT molecular complexity index is 948. The third-order valence-corrected chi connectivity index (χ3v) is 5.32. The monoisotopic (exact) mass is 393 g/mol. The number of benzene rings is 1. The highest BCUT2D eigenvalue weighted by molar-refractivity contribution is 5.83. The zero-order valence-electron chi connectivity index (χ0n) is 16.3. The molecule has 150 valence electrons. The molecule has 1 aromatic carbocycles. The van der Waals surface area contributed by atoms with Gasteiger partial charge in [-0.05, 0) is 42.2 Å². The minimum Gasteiger partial charge on any atom is -0.487 e. The highest BCUT2D eigenvalue weighted by atomic mass is 16.5. The summed E-state index contributed by atoms with van der Waals surface area (Å²) in [6, 6.07) is 13.6. The molecule has 2 aromatic heterocycles. The lowest BCUT2D eigenvalue weighted by Crippen LogP contribution is -2.42. The summed E-state index contributed by atoms with van der Waals surface area (Å²) in [5, 5.41) is 6.82. The fourth-order valence-electron chi connectivity index (χ4n) is 3.67. The third kappa shape index (κ3) is 4.00. The largest absolute Gasteiger partial charge is 0.487 e. The molecule has 0 unspecified atom stereocenters. The van der Waals surface area contributed by atoms with Gasteiger partial charge >= 0.3 is 5.97 Å². The zero-order chi connectivity index (χ0) is 20.1. The molecule has 1 saturated heterocycles. The minimum atomic E-state index is -0.656. The van der Waals surface area contributed by atoms with E-state index in [1.807, 2.05) is 42.5 Å². The highest BCUT2D eigenvalue weighted by Gasteiger charge is 2.42. The SMILES string of the molecule is COC(=O)C1(c2cccc(COc3ccc(-c4ccn[nH]4)nc3)c2)CCOCC1. The maximum atomic E-state index is 12.6. The Labute approximate surface area is 169 Å². The van der Waals surface area contributed by atoms with Gasteiger partial charge < -0.3 is 14.2 Å². The number of ether oxygens (including phenoxy) is 3. The molecule has 0 bridgehead atoms. The zero-order valence-corrected chi connectivity index (χ0v) is 16.3. The number of hydrogen-bond acceptors (Lipinski definition) is 6. The maximum absolute atomic E-state index is 12.6. The van der Waals surface area contributed by atoms with Crippen LogP contribution in [-0.2, 0) is 26.3 Å². The fraction of sp³-hybridized carbons (Fsp3) is 0.318. The number of nitrogens with zero attached hydrogens (tertiary/aromatic N) is 2. The molecule has 1 aliphatic rings. The number of nitrogens with one attached hydrogen (secondary N) is 1. The van der Waals surface area contributed by atoms with Crippen LogP contribution < -0.4 is 4.74 Å². The van der Waals surface area contributed by atoms with Gasteiger partial charge in [-0.2, -0.15) is 5.10 Å². The summed E-state index contributed by atoms with van der Waals surface area (Å²) in [7, 11) is 1.44. The molecule has 7 heteroatoms. The smallest absolute Gasteiger partial charge is 0.316 e. The van der Waals surface area contributed by atoms with Crippen LogP contribution in [0.15, 0.2) is 54.9 Å². The molecule has 0 amide bonds. The first-order valence-corrected chi connectivity index (χ1v) is 9.55. The van der Waals surface area contributed by atoms with Crippen molar-refractivity contribution in [1.29, 1.82) is 0 Å². The molecule has 1 aliphatic heterocycles. The van der Waals surface area contributed by atoms with Gasteiger partial charge in [0.15, 0.2) is 0 Å². The van der Waals surface area contributed by atoms with E-state index in [9.17, 15) is 4.79 Å². The number of H-pyrrole nitrogens is 1. The number of carbonyl (C=O) groups is 1. The molecule has 3 aromatic rings. The van der Waals surface area contributed by atoms with Crippen molar-refractivity contribution in [2.75, 3.05) is 20.3 Å². The summed E-state index contributed by atoms with van der Waals surface area (Å²) in [4.78, 5) is 17.0. The first-order valence-electron chi connectivity index (χ1n) is 9.55. The van der Waals surface area contributed by atoms with Crippen molar-refractivity contribution in [2.24, 2.45) is 0 Å². The summed E-state index contributed by atoms with van der Waals surface area (Å²) < 4.78 is 16.5. The lowest BCUT2D eigenvalue weighted by Gasteiger charge is -2.35. The normalized spacial score (nSPS) is 15.6. The molecular formula is C22H23N3O4. The molecule has 0 atom stereocenters. The summed E-state index contributed by atoms with van der Waals surface area (Å²) in [6.45, 7) is 1.47. The van der Waals surface area contributed by atoms with E-state index >= 15 is 0 Å². The quantitative estimate of drug-likeness (QED) is 0.647. The Balaban J connectivity index is 1.48. The molecule has 0 spiro atoms. The number of hydrogen-bond donors (Lipinski definition) is 1. The molecule has 29 heavy (non-hydrogen) atoms. The molecule has 0 aliphatic carbocycles. The predicted molar refractivity (Wildman–Crippen MR) is 106 cm³/mol. The first kappa shape index (κ1) is 19.1. The summed E-state index contributed by atoms with van der Waals surface area (Å²) >= 11 is 0. The van der Waals surface area contributed by atoms with Crippen LogP contribution >= 0.6 is 0 Å². The summed E-state index contributed by atoms with van der Waals surface area (Å²) in [6.07, 6.45) is 4.61. The predicted octanol–water partition coefficient (Wildman–Crippen LogP) is 3.27. The maximum Gasteiger partial charge on any atom is 0.316 e. The molecule has 4 rings (SSSR count). The van der Waals surface area contributed by atoms with Gasteiger partial charge in [-0.25, -0.2) is 0 Å². The van der Waals surface area contributed by atoms with E-state index in [1.165, 1.54) is 7.11 Å². The van der Waals surface area contributed by atoms with Gasteiger partial charge in [-0.3, -0.25) is 14.9 Å². The van der Waals surface area contributed by atoms with Gasteiger partial charge in [0.1, 0.15) is 12.4 Å². The van der Waals surface area contributed by atoms with E-state index in [0.717, 1.165) is 22.5 Å². The van der Waals surface area contributed by atoms with Crippen molar-refractivity contribution in [3.8, 4) is 17.1 Å². The van der Waals surface area contributed by atoms with Gasteiger partial charge in [0.25, 0.3) is 0 Å². The number of carbonyl (C=O) groups excluding carboxylic acids is 1. The van der Waals surface area contributed by atoms with Gasteiger partial charge in [-0.15, -0.1) is 0 Å². The van der Waals surface area contributed by atoms with Crippen LogP contribution in [0, 0.1) is 0 Å². The van der Waals surface area contributed by atoms with Crippen LogP contribution in [0.5, 0.6) is 5.75 Å². The number of rotatable bonds is 6. The third-order valence-electron chi connectivity index (χ3n) is 5.32. The molecular weight excluding hydrogens is 370 g/mol. The van der Waals surface area contributed by atoms with Crippen molar-refractivity contribution in [3.05, 3.63) is 66.0 Å². The standard InChI is InChI=1S/C22H23N3O4/c1-27-21(26)22(8-11-28-12-9-22)17-4-2-3-16(13-17)15-29-18-5-6-19(23-14-18)20-7-10-24-25-20/h2-7,10,13-14H,8-9,11-12,15H2,1H3,(H,24,25). The lowest BCUT2D eigenvalue weighted by molar-refractivity contribution is -0.151. The summed E-state index contributed by atoms with van der Waals surface area (Å²) in [5.41, 5.74) is 2.93. The molecule has 1 fully saturated rings. The fourth-order valence-corrected chi connectivity index (χ4v) is 3.67. The Kier molecular flexibility index (Phi) is 5.57. The minimum absolute atomic E-state index is 0.211. The Morgan fingerprint density at radius 1 is 1.21 bits per heavy atom.